The lowest BCUT2D eigenvalue weighted by molar-refractivity contribution is 0.218. The molecule has 2 rings (SSSR count). The molecule has 18 heavy (non-hydrogen) atoms. The van der Waals surface area contributed by atoms with Crippen molar-refractivity contribution in [2.45, 2.75) is 30.7 Å². The predicted octanol–water partition coefficient (Wildman–Crippen LogP) is 2.22. The summed E-state index contributed by atoms with van der Waals surface area (Å²) < 4.78 is 36.5. The standard InChI is InChI=1S/C13H18FNO2S/c1-18(16,17)12-6-5-11(13(14)9-12)10-15-7-3-2-4-8-15/h5-6,9H,2-4,7-8,10H2,1H3. The zero-order chi connectivity index (χ0) is 13.2. The third kappa shape index (κ3) is 3.29. The van der Waals surface area contributed by atoms with E-state index in [0.29, 0.717) is 12.1 Å². The molecular formula is C13H18FNO2S. The van der Waals surface area contributed by atoms with Gasteiger partial charge in [0.05, 0.1) is 4.90 Å². The van der Waals surface area contributed by atoms with Gasteiger partial charge in [0.1, 0.15) is 5.82 Å². The van der Waals surface area contributed by atoms with Crippen molar-refractivity contribution in [3.05, 3.63) is 29.6 Å². The van der Waals surface area contributed by atoms with Gasteiger partial charge in [0.15, 0.2) is 9.84 Å². The Morgan fingerprint density at radius 2 is 1.89 bits per heavy atom. The number of hydrogen-bond acceptors (Lipinski definition) is 3. The highest BCUT2D eigenvalue weighted by Gasteiger charge is 2.15. The molecule has 0 aliphatic carbocycles. The topological polar surface area (TPSA) is 37.4 Å². The number of nitrogens with zero attached hydrogens (tertiary/aromatic N) is 1. The Bertz CT molecular complexity index is 522. The van der Waals surface area contributed by atoms with E-state index in [2.05, 4.69) is 4.90 Å². The smallest absolute Gasteiger partial charge is 0.175 e. The molecule has 1 fully saturated rings. The highest BCUT2D eigenvalue weighted by atomic mass is 32.2. The molecule has 1 heterocycles. The van der Waals surface area contributed by atoms with E-state index in [9.17, 15) is 12.8 Å². The monoisotopic (exact) mass is 271 g/mol. The van der Waals surface area contributed by atoms with Crippen molar-refractivity contribution in [3.8, 4) is 0 Å². The molecule has 0 atom stereocenters. The highest BCUT2D eigenvalue weighted by molar-refractivity contribution is 7.90. The Hall–Kier alpha value is -0.940. The maximum Gasteiger partial charge on any atom is 0.175 e. The van der Waals surface area contributed by atoms with Gasteiger partial charge in [-0.2, -0.15) is 0 Å². The Labute approximate surface area is 108 Å². The average Bonchev–Trinajstić information content (AvgIpc) is 2.32. The van der Waals surface area contributed by atoms with Gasteiger partial charge in [0, 0.05) is 18.4 Å². The maximum absolute atomic E-state index is 13.8. The molecule has 3 nitrogen and oxygen atoms in total. The van der Waals surface area contributed by atoms with Crippen LogP contribution < -0.4 is 0 Å². The Morgan fingerprint density at radius 3 is 2.44 bits per heavy atom. The van der Waals surface area contributed by atoms with Crippen molar-refractivity contribution in [1.29, 1.82) is 0 Å². The van der Waals surface area contributed by atoms with Gasteiger partial charge in [-0.15, -0.1) is 0 Å². The molecule has 0 N–H and O–H groups in total. The lowest BCUT2D eigenvalue weighted by Crippen LogP contribution is -2.29. The fourth-order valence-corrected chi connectivity index (χ4v) is 2.88. The largest absolute Gasteiger partial charge is 0.299 e. The lowest BCUT2D eigenvalue weighted by Gasteiger charge is -2.26. The third-order valence-corrected chi connectivity index (χ3v) is 4.41. The molecule has 0 aromatic heterocycles. The van der Waals surface area contributed by atoms with E-state index in [1.165, 1.54) is 12.5 Å². The second kappa shape index (κ2) is 5.36. The van der Waals surface area contributed by atoms with Gasteiger partial charge in [-0.1, -0.05) is 12.5 Å². The zero-order valence-corrected chi connectivity index (χ0v) is 11.3. The minimum absolute atomic E-state index is 0.0439. The molecule has 1 aromatic rings. The molecule has 0 radical (unpaired) electrons. The fourth-order valence-electron chi connectivity index (χ4n) is 2.25. The minimum Gasteiger partial charge on any atom is -0.299 e. The minimum atomic E-state index is -3.33. The van der Waals surface area contributed by atoms with Gasteiger partial charge in [-0.05, 0) is 38.1 Å². The van der Waals surface area contributed by atoms with E-state index in [1.807, 2.05) is 0 Å². The summed E-state index contributed by atoms with van der Waals surface area (Å²) in [6.07, 6.45) is 4.64. The van der Waals surface area contributed by atoms with Gasteiger partial charge >= 0.3 is 0 Å². The van der Waals surface area contributed by atoms with Gasteiger partial charge in [0.2, 0.25) is 0 Å². The second-order valence-electron chi connectivity index (χ2n) is 4.86. The van der Waals surface area contributed by atoms with Crippen LogP contribution in [0, 0.1) is 5.82 Å². The predicted molar refractivity (Wildman–Crippen MR) is 68.6 cm³/mol. The third-order valence-electron chi connectivity index (χ3n) is 3.30. The molecule has 5 heteroatoms. The normalized spacial score (nSPS) is 17.9. The molecule has 1 aliphatic heterocycles. The molecule has 100 valence electrons. The van der Waals surface area contributed by atoms with Crippen molar-refractivity contribution in [3.63, 3.8) is 0 Å². The number of sulfone groups is 1. The average molecular weight is 271 g/mol. The summed E-state index contributed by atoms with van der Waals surface area (Å²) in [6, 6.07) is 4.19. The summed E-state index contributed by atoms with van der Waals surface area (Å²) in [5.74, 6) is -0.427. The van der Waals surface area contributed by atoms with E-state index >= 15 is 0 Å². The van der Waals surface area contributed by atoms with Crippen molar-refractivity contribution < 1.29 is 12.8 Å². The van der Waals surface area contributed by atoms with E-state index in [4.69, 9.17) is 0 Å². The molecule has 0 spiro atoms. The Kier molecular flexibility index (Phi) is 4.02. The fraction of sp³-hybridized carbons (Fsp3) is 0.538. The van der Waals surface area contributed by atoms with Gasteiger partial charge < -0.3 is 0 Å². The van der Waals surface area contributed by atoms with Crippen LogP contribution in [-0.4, -0.2) is 32.7 Å². The Morgan fingerprint density at radius 1 is 1.22 bits per heavy atom. The summed E-state index contributed by atoms with van der Waals surface area (Å²) in [5.41, 5.74) is 0.573. The second-order valence-corrected chi connectivity index (χ2v) is 6.88. The van der Waals surface area contributed by atoms with Crippen LogP contribution >= 0.6 is 0 Å². The van der Waals surface area contributed by atoms with Crippen LogP contribution in [0.5, 0.6) is 0 Å². The quantitative estimate of drug-likeness (QED) is 0.846. The molecule has 0 bridgehead atoms. The molecule has 1 saturated heterocycles. The first kappa shape index (κ1) is 13.5. The highest BCUT2D eigenvalue weighted by Crippen LogP contribution is 2.18. The molecule has 0 saturated carbocycles. The number of piperidine rings is 1. The van der Waals surface area contributed by atoms with Crippen LogP contribution in [-0.2, 0) is 16.4 Å². The van der Waals surface area contributed by atoms with Crippen molar-refractivity contribution in [1.82, 2.24) is 4.90 Å². The first-order chi connectivity index (χ1) is 8.47. The van der Waals surface area contributed by atoms with Crippen LogP contribution in [0.15, 0.2) is 23.1 Å². The number of hydrogen-bond donors (Lipinski definition) is 0. The van der Waals surface area contributed by atoms with E-state index in [-0.39, 0.29) is 4.90 Å². The lowest BCUT2D eigenvalue weighted by atomic mass is 10.1. The van der Waals surface area contributed by atoms with Crippen LogP contribution in [0.4, 0.5) is 4.39 Å². The van der Waals surface area contributed by atoms with Crippen molar-refractivity contribution in [2.75, 3.05) is 19.3 Å². The van der Waals surface area contributed by atoms with Crippen molar-refractivity contribution in [2.24, 2.45) is 0 Å². The van der Waals surface area contributed by atoms with Gasteiger partial charge in [-0.3, -0.25) is 4.90 Å². The molecule has 1 aliphatic rings. The summed E-state index contributed by atoms with van der Waals surface area (Å²) in [4.78, 5) is 2.25. The number of likely N-dealkylation sites (tertiary alicyclic amines) is 1. The van der Waals surface area contributed by atoms with Gasteiger partial charge in [-0.25, -0.2) is 12.8 Å². The van der Waals surface area contributed by atoms with Crippen LogP contribution in [0.3, 0.4) is 0 Å². The molecule has 1 aromatic carbocycles. The molecular weight excluding hydrogens is 253 g/mol. The summed E-state index contributed by atoms with van der Waals surface area (Å²) in [6.45, 7) is 2.55. The number of rotatable bonds is 3. The van der Waals surface area contributed by atoms with Crippen LogP contribution in [0.2, 0.25) is 0 Å². The number of halogens is 1. The first-order valence-electron chi connectivity index (χ1n) is 6.17. The van der Waals surface area contributed by atoms with E-state index in [0.717, 1.165) is 38.3 Å². The number of benzene rings is 1. The summed E-state index contributed by atoms with van der Waals surface area (Å²) in [7, 11) is -3.33. The van der Waals surface area contributed by atoms with Crippen LogP contribution in [0.25, 0.3) is 0 Å². The molecule has 0 unspecified atom stereocenters. The molecule has 0 amide bonds. The first-order valence-corrected chi connectivity index (χ1v) is 8.07. The van der Waals surface area contributed by atoms with Crippen molar-refractivity contribution >= 4 is 9.84 Å². The maximum atomic E-state index is 13.8. The van der Waals surface area contributed by atoms with Crippen LogP contribution in [0.1, 0.15) is 24.8 Å². The zero-order valence-electron chi connectivity index (χ0n) is 10.5. The summed E-state index contributed by atoms with van der Waals surface area (Å²) >= 11 is 0. The Balaban J connectivity index is 2.14. The summed E-state index contributed by atoms with van der Waals surface area (Å²) in [5, 5.41) is 0. The van der Waals surface area contributed by atoms with E-state index < -0.39 is 15.7 Å². The van der Waals surface area contributed by atoms with Gasteiger partial charge in [0.25, 0.3) is 0 Å². The SMILES string of the molecule is CS(=O)(=O)c1ccc(CN2CCCCC2)c(F)c1. The van der Waals surface area contributed by atoms with E-state index in [1.54, 1.807) is 6.07 Å².